The van der Waals surface area contributed by atoms with Crippen LogP contribution in [0.3, 0.4) is 0 Å². The number of hydrogen-bond acceptors (Lipinski definition) is 0. The van der Waals surface area contributed by atoms with E-state index in [9.17, 15) is 0 Å². The molecule has 4 aromatic carbocycles. The van der Waals surface area contributed by atoms with E-state index in [2.05, 4.69) is 112 Å². The summed E-state index contributed by atoms with van der Waals surface area (Å²) < 4.78 is 0. The molecule has 0 heteroatoms. The van der Waals surface area contributed by atoms with Crippen LogP contribution in [0.1, 0.15) is 48.9 Å². The van der Waals surface area contributed by atoms with Crippen LogP contribution in [0.15, 0.2) is 98.1 Å². The van der Waals surface area contributed by atoms with Gasteiger partial charge in [-0.25, -0.2) is 0 Å². The normalized spacial score (nSPS) is 13.3. The smallest absolute Gasteiger partial charge is 0.0210 e. The third-order valence-corrected chi connectivity index (χ3v) is 7.53. The van der Waals surface area contributed by atoms with Gasteiger partial charge in [0, 0.05) is 5.41 Å². The van der Waals surface area contributed by atoms with E-state index in [4.69, 9.17) is 0 Å². The Bertz CT molecular complexity index is 1230. The summed E-state index contributed by atoms with van der Waals surface area (Å²) >= 11 is 0. The van der Waals surface area contributed by atoms with Gasteiger partial charge in [0.2, 0.25) is 0 Å². The van der Waals surface area contributed by atoms with Crippen molar-refractivity contribution in [3.8, 4) is 33.4 Å². The standard InChI is InChI=1S/C33H30/c1-5-23-9-13-25(14-10-23)27-17-19-29-30-20-18-28(26-15-11-24(6-2)12-16-26)22-32(30)33(7-3,8-4)31(29)21-27/h5-6,9-22H,1-2,7-8H2,3-4H3. The molecule has 33 heavy (non-hydrogen) atoms. The van der Waals surface area contributed by atoms with Crippen LogP contribution < -0.4 is 0 Å². The summed E-state index contributed by atoms with van der Waals surface area (Å²) in [5.41, 5.74) is 13.1. The van der Waals surface area contributed by atoms with Crippen LogP contribution >= 0.6 is 0 Å². The maximum atomic E-state index is 3.88. The van der Waals surface area contributed by atoms with Crippen molar-refractivity contribution in [2.45, 2.75) is 32.1 Å². The minimum absolute atomic E-state index is 0.0405. The molecule has 0 bridgehead atoms. The first kappa shape index (κ1) is 21.2. The van der Waals surface area contributed by atoms with Crippen LogP contribution in [0.4, 0.5) is 0 Å². The molecule has 0 saturated carbocycles. The summed E-state index contributed by atoms with van der Waals surface area (Å²) in [6, 6.07) is 31.4. The van der Waals surface area contributed by atoms with Gasteiger partial charge >= 0.3 is 0 Å². The molecule has 162 valence electrons. The summed E-state index contributed by atoms with van der Waals surface area (Å²) in [4.78, 5) is 0. The highest BCUT2D eigenvalue weighted by Crippen LogP contribution is 2.54. The van der Waals surface area contributed by atoms with Gasteiger partial charge in [0.15, 0.2) is 0 Å². The second-order valence-corrected chi connectivity index (χ2v) is 8.96. The Balaban J connectivity index is 1.63. The summed E-state index contributed by atoms with van der Waals surface area (Å²) in [6.45, 7) is 12.4. The van der Waals surface area contributed by atoms with Crippen LogP contribution in [0.25, 0.3) is 45.5 Å². The molecule has 0 unspecified atom stereocenters. The quantitative estimate of drug-likeness (QED) is 0.288. The summed E-state index contributed by atoms with van der Waals surface area (Å²) in [5.74, 6) is 0. The molecule has 0 heterocycles. The van der Waals surface area contributed by atoms with Crippen LogP contribution in [0.5, 0.6) is 0 Å². The van der Waals surface area contributed by atoms with Crippen molar-refractivity contribution in [2.24, 2.45) is 0 Å². The fraction of sp³-hybridized carbons (Fsp3) is 0.152. The highest BCUT2D eigenvalue weighted by molar-refractivity contribution is 5.86. The van der Waals surface area contributed by atoms with E-state index in [0.29, 0.717) is 0 Å². The predicted molar refractivity (Wildman–Crippen MR) is 144 cm³/mol. The van der Waals surface area contributed by atoms with Crippen molar-refractivity contribution in [1.29, 1.82) is 0 Å². The first-order valence-corrected chi connectivity index (χ1v) is 11.9. The molecule has 0 amide bonds. The second kappa shape index (κ2) is 8.37. The highest BCUT2D eigenvalue weighted by atomic mass is 14.4. The Hall–Kier alpha value is -3.64. The third-order valence-electron chi connectivity index (χ3n) is 7.53. The van der Waals surface area contributed by atoms with Crippen molar-refractivity contribution in [3.05, 3.63) is 120 Å². The van der Waals surface area contributed by atoms with Crippen LogP contribution in [-0.4, -0.2) is 0 Å². The molecule has 0 nitrogen and oxygen atoms in total. The molecule has 0 saturated heterocycles. The van der Waals surface area contributed by atoms with Crippen LogP contribution in [-0.2, 0) is 5.41 Å². The molecule has 0 N–H and O–H groups in total. The van der Waals surface area contributed by atoms with Gasteiger partial charge in [0.05, 0.1) is 0 Å². The molecule has 4 aromatic rings. The topological polar surface area (TPSA) is 0 Å². The highest BCUT2D eigenvalue weighted by Gasteiger charge is 2.40. The fourth-order valence-corrected chi connectivity index (χ4v) is 5.49. The molecule has 0 aliphatic heterocycles. The lowest BCUT2D eigenvalue weighted by Crippen LogP contribution is -2.23. The average Bonchev–Trinajstić information content (AvgIpc) is 3.17. The minimum Gasteiger partial charge on any atom is -0.0985 e. The zero-order valence-electron chi connectivity index (χ0n) is 19.6. The van der Waals surface area contributed by atoms with Crippen molar-refractivity contribution in [2.75, 3.05) is 0 Å². The average molecular weight is 427 g/mol. The molecule has 0 radical (unpaired) electrons. The van der Waals surface area contributed by atoms with Gasteiger partial charge in [0.25, 0.3) is 0 Å². The van der Waals surface area contributed by atoms with Crippen molar-refractivity contribution in [3.63, 3.8) is 0 Å². The lowest BCUT2D eigenvalue weighted by atomic mass is 9.73. The molecule has 0 fully saturated rings. The van der Waals surface area contributed by atoms with E-state index in [0.717, 1.165) is 24.0 Å². The third kappa shape index (κ3) is 3.38. The van der Waals surface area contributed by atoms with Gasteiger partial charge in [0.1, 0.15) is 0 Å². The van der Waals surface area contributed by atoms with E-state index in [1.54, 1.807) is 0 Å². The maximum absolute atomic E-state index is 3.88. The van der Waals surface area contributed by atoms with Crippen molar-refractivity contribution >= 4 is 12.2 Å². The van der Waals surface area contributed by atoms with Gasteiger partial charge in [-0.05, 0) is 80.6 Å². The molecule has 1 aliphatic rings. The molecular weight excluding hydrogens is 396 g/mol. The summed E-state index contributed by atoms with van der Waals surface area (Å²) in [6.07, 6.45) is 5.96. The number of benzene rings is 4. The molecule has 0 spiro atoms. The van der Waals surface area contributed by atoms with Gasteiger partial charge in [-0.1, -0.05) is 112 Å². The largest absolute Gasteiger partial charge is 0.0985 e. The minimum atomic E-state index is 0.0405. The van der Waals surface area contributed by atoms with Crippen molar-refractivity contribution < 1.29 is 0 Å². The lowest BCUT2D eigenvalue weighted by molar-refractivity contribution is 0.491. The SMILES string of the molecule is C=Cc1ccc(-c2ccc3c(c2)C(CC)(CC)c2cc(-c4ccc(C=C)cc4)ccc2-3)cc1. The first-order valence-electron chi connectivity index (χ1n) is 11.9. The number of rotatable bonds is 6. The maximum Gasteiger partial charge on any atom is 0.0210 e. The summed E-state index contributed by atoms with van der Waals surface area (Å²) in [7, 11) is 0. The van der Waals surface area contributed by atoms with Crippen molar-refractivity contribution in [1.82, 2.24) is 0 Å². The predicted octanol–water partition coefficient (Wildman–Crippen LogP) is 9.39. The Labute approximate surface area is 198 Å². The van der Waals surface area contributed by atoms with Gasteiger partial charge in [-0.2, -0.15) is 0 Å². The van der Waals surface area contributed by atoms with E-state index >= 15 is 0 Å². The molecular formula is C33H30. The number of hydrogen-bond donors (Lipinski definition) is 0. The molecule has 5 rings (SSSR count). The van der Waals surface area contributed by atoms with E-state index in [-0.39, 0.29) is 5.41 Å². The van der Waals surface area contributed by atoms with Gasteiger partial charge in [-0.15, -0.1) is 0 Å². The van der Waals surface area contributed by atoms with E-state index in [1.165, 1.54) is 44.5 Å². The zero-order valence-corrected chi connectivity index (χ0v) is 19.6. The zero-order chi connectivity index (χ0) is 23.0. The molecule has 0 atom stereocenters. The van der Waals surface area contributed by atoms with Gasteiger partial charge in [-0.3, -0.25) is 0 Å². The van der Waals surface area contributed by atoms with Gasteiger partial charge < -0.3 is 0 Å². The Kier molecular flexibility index (Phi) is 5.38. The number of fused-ring (bicyclic) bond motifs is 3. The Morgan fingerprint density at radius 1 is 0.545 bits per heavy atom. The summed E-state index contributed by atoms with van der Waals surface area (Å²) in [5, 5.41) is 0. The fourth-order valence-electron chi connectivity index (χ4n) is 5.49. The Morgan fingerprint density at radius 2 is 0.909 bits per heavy atom. The van der Waals surface area contributed by atoms with Crippen LogP contribution in [0, 0.1) is 0 Å². The second-order valence-electron chi connectivity index (χ2n) is 8.96. The lowest BCUT2D eigenvalue weighted by Gasteiger charge is -2.30. The molecule has 0 aromatic heterocycles. The first-order chi connectivity index (χ1) is 16.1. The Morgan fingerprint density at radius 3 is 1.24 bits per heavy atom. The molecule has 1 aliphatic carbocycles. The van der Waals surface area contributed by atoms with E-state index in [1.807, 2.05) is 12.2 Å². The van der Waals surface area contributed by atoms with Crippen LogP contribution in [0.2, 0.25) is 0 Å². The van der Waals surface area contributed by atoms with E-state index < -0.39 is 0 Å². The monoisotopic (exact) mass is 426 g/mol.